The second kappa shape index (κ2) is 7.47. The molecule has 0 spiro atoms. The highest BCUT2D eigenvalue weighted by atomic mass is 32.1. The third-order valence-electron chi connectivity index (χ3n) is 3.36. The topological polar surface area (TPSA) is 49.3 Å². The van der Waals surface area contributed by atoms with Gasteiger partial charge in [-0.05, 0) is 17.4 Å². The van der Waals surface area contributed by atoms with Crippen LogP contribution in [0.2, 0.25) is 0 Å². The van der Waals surface area contributed by atoms with E-state index in [2.05, 4.69) is 44.9 Å². The third-order valence-corrected chi connectivity index (χ3v) is 4.20. The van der Waals surface area contributed by atoms with Crippen molar-refractivity contribution in [1.82, 2.24) is 5.32 Å². The minimum atomic E-state index is -0.0486. The van der Waals surface area contributed by atoms with E-state index in [1.54, 1.807) is 6.07 Å². The minimum absolute atomic E-state index is 0.0486. The summed E-state index contributed by atoms with van der Waals surface area (Å²) >= 11 is 1.45. The van der Waals surface area contributed by atoms with Crippen molar-refractivity contribution in [2.75, 3.05) is 13.2 Å². The van der Waals surface area contributed by atoms with Gasteiger partial charge in [-0.2, -0.15) is 0 Å². The van der Waals surface area contributed by atoms with Crippen LogP contribution in [-0.4, -0.2) is 24.2 Å². The van der Waals surface area contributed by atoms with Gasteiger partial charge < -0.3 is 10.4 Å². The van der Waals surface area contributed by atoms with Crippen molar-refractivity contribution in [3.8, 4) is 11.8 Å². The summed E-state index contributed by atoms with van der Waals surface area (Å²) < 4.78 is 0. The van der Waals surface area contributed by atoms with Crippen molar-refractivity contribution in [1.29, 1.82) is 0 Å². The predicted octanol–water partition coefficient (Wildman–Crippen LogP) is 2.89. The van der Waals surface area contributed by atoms with Crippen LogP contribution in [0.1, 0.15) is 49.4 Å². The van der Waals surface area contributed by atoms with Gasteiger partial charge in [0.15, 0.2) is 0 Å². The van der Waals surface area contributed by atoms with Crippen LogP contribution in [0.25, 0.3) is 0 Å². The fourth-order valence-electron chi connectivity index (χ4n) is 1.38. The lowest BCUT2D eigenvalue weighted by Crippen LogP contribution is -2.33. The van der Waals surface area contributed by atoms with E-state index in [1.807, 2.05) is 5.38 Å². The molecule has 3 nitrogen and oxygen atoms in total. The van der Waals surface area contributed by atoms with Gasteiger partial charge in [0, 0.05) is 18.3 Å². The van der Waals surface area contributed by atoms with Gasteiger partial charge in [0.2, 0.25) is 0 Å². The summed E-state index contributed by atoms with van der Waals surface area (Å²) in [5.41, 5.74) is 0.840. The Balaban J connectivity index is 2.55. The van der Waals surface area contributed by atoms with Gasteiger partial charge in [0.25, 0.3) is 5.91 Å². The quantitative estimate of drug-likeness (QED) is 0.839. The van der Waals surface area contributed by atoms with Crippen molar-refractivity contribution >= 4 is 17.2 Å². The maximum Gasteiger partial charge on any atom is 0.252 e. The maximum atomic E-state index is 12.0. The molecule has 1 atom stereocenters. The number of carbonyl (C=O) groups excluding carboxylic acids is 1. The number of hydrogen-bond donors (Lipinski definition) is 2. The van der Waals surface area contributed by atoms with Crippen LogP contribution in [0.15, 0.2) is 11.4 Å². The summed E-state index contributed by atoms with van der Waals surface area (Å²) in [4.78, 5) is 12.9. The number of aliphatic hydroxyl groups is 1. The molecule has 0 aliphatic rings. The van der Waals surface area contributed by atoms with Crippen LogP contribution in [0.3, 0.4) is 0 Å². The predicted molar refractivity (Wildman–Crippen MR) is 83.9 cm³/mol. The van der Waals surface area contributed by atoms with Crippen LogP contribution in [-0.2, 0) is 0 Å². The number of rotatable bonds is 4. The fourth-order valence-corrected chi connectivity index (χ4v) is 2.14. The molecule has 0 aliphatic carbocycles. The highest BCUT2D eigenvalue weighted by Crippen LogP contribution is 2.24. The molecule has 1 aromatic rings. The zero-order valence-electron chi connectivity index (χ0n) is 12.6. The van der Waals surface area contributed by atoms with Gasteiger partial charge in [-0.15, -0.1) is 11.3 Å². The standard InChI is InChI=1S/C16H23NO2S/c1-12(16(2,3)4)10-17-15(19)13-9-14(20-11-13)7-5-6-8-18/h9,11-12,18H,6,8,10H2,1-4H3,(H,17,19). The molecular formula is C16H23NO2S. The molecule has 0 fully saturated rings. The second-order valence-electron chi connectivity index (χ2n) is 5.95. The Morgan fingerprint density at radius 2 is 2.20 bits per heavy atom. The van der Waals surface area contributed by atoms with Crippen LogP contribution < -0.4 is 5.32 Å². The number of amides is 1. The molecular weight excluding hydrogens is 270 g/mol. The molecule has 0 bridgehead atoms. The van der Waals surface area contributed by atoms with Crippen molar-refractivity contribution in [3.63, 3.8) is 0 Å². The lowest BCUT2D eigenvalue weighted by molar-refractivity contribution is 0.0937. The SMILES string of the molecule is CC(CNC(=O)c1csc(C#CCCO)c1)C(C)(C)C. The largest absolute Gasteiger partial charge is 0.395 e. The van der Waals surface area contributed by atoms with Gasteiger partial charge in [-0.3, -0.25) is 4.79 Å². The monoisotopic (exact) mass is 293 g/mol. The molecule has 110 valence electrons. The fraction of sp³-hybridized carbons (Fsp3) is 0.562. The normalized spacial score (nSPS) is 12.4. The van der Waals surface area contributed by atoms with Crippen LogP contribution in [0.5, 0.6) is 0 Å². The Kier molecular flexibility index (Phi) is 6.25. The lowest BCUT2D eigenvalue weighted by Gasteiger charge is -2.27. The summed E-state index contributed by atoms with van der Waals surface area (Å²) in [5.74, 6) is 6.15. The Hall–Kier alpha value is -1.31. The highest BCUT2D eigenvalue weighted by Gasteiger charge is 2.20. The van der Waals surface area contributed by atoms with Gasteiger partial charge in [0.1, 0.15) is 0 Å². The first-order valence-corrected chi connectivity index (χ1v) is 7.69. The van der Waals surface area contributed by atoms with Gasteiger partial charge in [-0.1, -0.05) is 39.5 Å². The Morgan fingerprint density at radius 3 is 2.80 bits per heavy atom. The first-order chi connectivity index (χ1) is 9.34. The van der Waals surface area contributed by atoms with Crippen molar-refractivity contribution in [3.05, 3.63) is 21.9 Å². The molecule has 0 radical (unpaired) electrons. The first-order valence-electron chi connectivity index (χ1n) is 6.81. The average molecular weight is 293 g/mol. The molecule has 1 heterocycles. The second-order valence-corrected chi connectivity index (χ2v) is 6.86. The number of nitrogens with one attached hydrogen (secondary N) is 1. The lowest BCUT2D eigenvalue weighted by atomic mass is 9.82. The zero-order valence-corrected chi connectivity index (χ0v) is 13.4. The summed E-state index contributed by atoms with van der Waals surface area (Å²) in [7, 11) is 0. The van der Waals surface area contributed by atoms with E-state index in [9.17, 15) is 4.79 Å². The molecule has 0 aromatic carbocycles. The number of thiophene rings is 1. The Morgan fingerprint density at radius 1 is 1.50 bits per heavy atom. The number of hydrogen-bond acceptors (Lipinski definition) is 3. The Bertz CT molecular complexity index is 503. The summed E-state index contributed by atoms with van der Waals surface area (Å²) in [6.45, 7) is 9.38. The molecule has 1 rings (SSSR count). The average Bonchev–Trinajstić information content (AvgIpc) is 2.83. The van der Waals surface area contributed by atoms with Gasteiger partial charge in [0.05, 0.1) is 17.0 Å². The van der Waals surface area contributed by atoms with Crippen LogP contribution in [0, 0.1) is 23.2 Å². The number of carbonyl (C=O) groups is 1. The maximum absolute atomic E-state index is 12.0. The van der Waals surface area contributed by atoms with Crippen molar-refractivity contribution in [2.24, 2.45) is 11.3 Å². The van der Waals surface area contributed by atoms with E-state index in [4.69, 9.17) is 5.11 Å². The molecule has 1 amide bonds. The summed E-state index contributed by atoms with van der Waals surface area (Å²) in [5, 5.41) is 13.4. The molecule has 0 saturated heterocycles. The molecule has 0 aliphatic heterocycles. The van der Waals surface area contributed by atoms with E-state index in [0.29, 0.717) is 24.4 Å². The molecule has 4 heteroatoms. The summed E-state index contributed by atoms with van der Waals surface area (Å²) in [6, 6.07) is 1.80. The van der Waals surface area contributed by atoms with Crippen molar-refractivity contribution < 1.29 is 9.90 Å². The van der Waals surface area contributed by atoms with E-state index in [-0.39, 0.29) is 17.9 Å². The minimum Gasteiger partial charge on any atom is -0.395 e. The molecule has 2 N–H and O–H groups in total. The van der Waals surface area contributed by atoms with E-state index >= 15 is 0 Å². The Labute approximate surface area is 125 Å². The number of aliphatic hydroxyl groups excluding tert-OH is 1. The van der Waals surface area contributed by atoms with Crippen LogP contribution in [0.4, 0.5) is 0 Å². The van der Waals surface area contributed by atoms with E-state index in [0.717, 1.165) is 4.88 Å². The van der Waals surface area contributed by atoms with E-state index in [1.165, 1.54) is 11.3 Å². The molecule has 0 saturated carbocycles. The van der Waals surface area contributed by atoms with E-state index < -0.39 is 0 Å². The van der Waals surface area contributed by atoms with Crippen LogP contribution >= 0.6 is 11.3 Å². The smallest absolute Gasteiger partial charge is 0.252 e. The summed E-state index contributed by atoms with van der Waals surface area (Å²) in [6.07, 6.45) is 0.461. The zero-order chi connectivity index (χ0) is 15.2. The molecule has 20 heavy (non-hydrogen) atoms. The van der Waals surface area contributed by atoms with Crippen molar-refractivity contribution in [2.45, 2.75) is 34.1 Å². The first kappa shape index (κ1) is 16.7. The third kappa shape index (κ3) is 5.36. The molecule has 1 unspecified atom stereocenters. The van der Waals surface area contributed by atoms with Gasteiger partial charge >= 0.3 is 0 Å². The highest BCUT2D eigenvalue weighted by molar-refractivity contribution is 7.10. The van der Waals surface area contributed by atoms with Gasteiger partial charge in [-0.25, -0.2) is 0 Å². The molecule has 1 aromatic heterocycles.